The zero-order valence-electron chi connectivity index (χ0n) is 14.1. The van der Waals surface area contributed by atoms with E-state index in [1.807, 2.05) is 25.1 Å². The van der Waals surface area contributed by atoms with Crippen LogP contribution >= 0.6 is 0 Å². The SMILES string of the molecule is COCCN1CN(C(=O)N[C@@H]2CCOc3c(C)cccc32)CC1=O. The summed E-state index contributed by atoms with van der Waals surface area (Å²) >= 11 is 0. The molecule has 1 aromatic carbocycles. The zero-order valence-corrected chi connectivity index (χ0v) is 14.1. The number of methoxy groups -OCH3 is 1. The lowest BCUT2D eigenvalue weighted by Crippen LogP contribution is -2.42. The second kappa shape index (κ2) is 7.09. The number of nitrogens with one attached hydrogen (secondary N) is 1. The number of benzene rings is 1. The van der Waals surface area contributed by atoms with Crippen LogP contribution in [0.4, 0.5) is 4.79 Å². The Labute approximate surface area is 141 Å². The molecule has 7 nitrogen and oxygen atoms in total. The van der Waals surface area contributed by atoms with Gasteiger partial charge in [-0.15, -0.1) is 0 Å². The summed E-state index contributed by atoms with van der Waals surface area (Å²) < 4.78 is 10.7. The maximum atomic E-state index is 12.5. The highest BCUT2D eigenvalue weighted by Crippen LogP contribution is 2.34. The Bertz CT molecular complexity index is 634. The topological polar surface area (TPSA) is 71.1 Å². The number of aryl methyl sites for hydroxylation is 1. The van der Waals surface area contributed by atoms with Crippen LogP contribution in [0.25, 0.3) is 0 Å². The maximum Gasteiger partial charge on any atom is 0.319 e. The van der Waals surface area contributed by atoms with Gasteiger partial charge in [-0.3, -0.25) is 9.69 Å². The van der Waals surface area contributed by atoms with Gasteiger partial charge in [0, 0.05) is 25.6 Å². The summed E-state index contributed by atoms with van der Waals surface area (Å²) in [7, 11) is 1.59. The number of urea groups is 1. The van der Waals surface area contributed by atoms with E-state index in [2.05, 4.69) is 5.32 Å². The second-order valence-corrected chi connectivity index (χ2v) is 6.12. The molecule has 1 fully saturated rings. The highest BCUT2D eigenvalue weighted by molar-refractivity contribution is 5.87. The van der Waals surface area contributed by atoms with E-state index in [0.717, 1.165) is 23.3 Å². The molecule has 1 N–H and O–H groups in total. The number of nitrogens with zero attached hydrogens (tertiary/aromatic N) is 2. The first-order valence-corrected chi connectivity index (χ1v) is 8.14. The molecule has 130 valence electrons. The number of amides is 3. The smallest absolute Gasteiger partial charge is 0.319 e. The summed E-state index contributed by atoms with van der Waals surface area (Å²) in [5, 5.41) is 3.04. The first kappa shape index (κ1) is 16.6. The van der Waals surface area contributed by atoms with Crippen molar-refractivity contribution in [3.63, 3.8) is 0 Å². The monoisotopic (exact) mass is 333 g/mol. The molecule has 0 aliphatic carbocycles. The lowest BCUT2D eigenvalue weighted by molar-refractivity contribution is -0.127. The molecule has 0 aromatic heterocycles. The third-order valence-corrected chi connectivity index (χ3v) is 4.44. The molecule has 1 aromatic rings. The van der Waals surface area contributed by atoms with Crippen LogP contribution in [0.2, 0.25) is 0 Å². The predicted octanol–water partition coefficient (Wildman–Crippen LogP) is 1.28. The van der Waals surface area contributed by atoms with Gasteiger partial charge in [0.05, 0.1) is 25.9 Å². The molecule has 0 saturated carbocycles. The molecule has 7 heteroatoms. The summed E-state index contributed by atoms with van der Waals surface area (Å²) in [6, 6.07) is 5.63. The van der Waals surface area contributed by atoms with Gasteiger partial charge < -0.3 is 19.7 Å². The van der Waals surface area contributed by atoms with Crippen molar-refractivity contribution >= 4 is 11.9 Å². The second-order valence-electron chi connectivity index (χ2n) is 6.12. The molecule has 1 atom stereocenters. The minimum atomic E-state index is -0.220. The molecule has 2 aliphatic heterocycles. The molecule has 1 saturated heterocycles. The van der Waals surface area contributed by atoms with Gasteiger partial charge in [0.15, 0.2) is 0 Å². The molecule has 3 amide bonds. The first-order valence-electron chi connectivity index (χ1n) is 8.14. The van der Waals surface area contributed by atoms with Crippen molar-refractivity contribution < 1.29 is 19.1 Å². The normalized spacial score (nSPS) is 19.9. The number of fused-ring (bicyclic) bond motifs is 1. The van der Waals surface area contributed by atoms with Crippen molar-refractivity contribution in [2.75, 3.05) is 40.1 Å². The van der Waals surface area contributed by atoms with E-state index in [4.69, 9.17) is 9.47 Å². The number of hydrogen-bond donors (Lipinski definition) is 1. The molecular weight excluding hydrogens is 310 g/mol. The largest absolute Gasteiger partial charge is 0.493 e. The fourth-order valence-corrected chi connectivity index (χ4v) is 3.10. The van der Waals surface area contributed by atoms with E-state index in [9.17, 15) is 9.59 Å². The fraction of sp³-hybridized carbons (Fsp3) is 0.529. The van der Waals surface area contributed by atoms with Crippen molar-refractivity contribution in [1.29, 1.82) is 0 Å². The van der Waals surface area contributed by atoms with Crippen LogP contribution in [0.5, 0.6) is 5.75 Å². The quantitative estimate of drug-likeness (QED) is 0.901. The van der Waals surface area contributed by atoms with Gasteiger partial charge in [-0.05, 0) is 12.5 Å². The lowest BCUT2D eigenvalue weighted by Gasteiger charge is -2.29. The van der Waals surface area contributed by atoms with Crippen LogP contribution in [0.1, 0.15) is 23.6 Å². The Morgan fingerprint density at radius 2 is 2.29 bits per heavy atom. The summed E-state index contributed by atoms with van der Waals surface area (Å²) in [5.41, 5.74) is 2.06. The number of carbonyl (C=O) groups excluding carboxylic acids is 2. The van der Waals surface area contributed by atoms with Crippen molar-refractivity contribution in [2.24, 2.45) is 0 Å². The van der Waals surface area contributed by atoms with Gasteiger partial charge in [-0.1, -0.05) is 18.2 Å². The number of carbonyl (C=O) groups is 2. The lowest BCUT2D eigenvalue weighted by atomic mass is 9.98. The molecule has 3 rings (SSSR count). The Morgan fingerprint density at radius 1 is 1.46 bits per heavy atom. The first-order chi connectivity index (χ1) is 11.6. The molecule has 0 radical (unpaired) electrons. The van der Waals surface area contributed by atoms with E-state index in [1.54, 1.807) is 12.0 Å². The summed E-state index contributed by atoms with van der Waals surface area (Å²) in [6.07, 6.45) is 0.720. The molecule has 2 heterocycles. The van der Waals surface area contributed by atoms with Crippen LogP contribution in [-0.2, 0) is 9.53 Å². The summed E-state index contributed by atoms with van der Waals surface area (Å²) in [5.74, 6) is 0.804. The van der Waals surface area contributed by atoms with Crippen LogP contribution in [0.3, 0.4) is 0 Å². The van der Waals surface area contributed by atoms with Crippen molar-refractivity contribution in [2.45, 2.75) is 19.4 Å². The number of para-hydroxylation sites is 1. The highest BCUT2D eigenvalue weighted by Gasteiger charge is 2.32. The van der Waals surface area contributed by atoms with Gasteiger partial charge in [0.1, 0.15) is 12.3 Å². The molecule has 0 unspecified atom stereocenters. The van der Waals surface area contributed by atoms with E-state index in [1.165, 1.54) is 4.90 Å². The van der Waals surface area contributed by atoms with Gasteiger partial charge in [-0.25, -0.2) is 4.79 Å². The minimum Gasteiger partial charge on any atom is -0.493 e. The average Bonchev–Trinajstić information content (AvgIpc) is 2.95. The standard InChI is InChI=1S/C17H23N3O4/c1-12-4-3-5-13-14(6-8-24-16(12)13)18-17(22)20-10-15(21)19(11-20)7-9-23-2/h3-5,14H,6-11H2,1-2H3,(H,18,22)/t14-/m1/s1. The summed E-state index contributed by atoms with van der Waals surface area (Å²) in [6.45, 7) is 3.95. The van der Waals surface area contributed by atoms with Crippen molar-refractivity contribution in [3.8, 4) is 5.75 Å². The van der Waals surface area contributed by atoms with Gasteiger partial charge in [-0.2, -0.15) is 0 Å². The van der Waals surface area contributed by atoms with Crippen LogP contribution in [0.15, 0.2) is 18.2 Å². The van der Waals surface area contributed by atoms with E-state index in [-0.39, 0.29) is 24.5 Å². The molecule has 0 spiro atoms. The zero-order chi connectivity index (χ0) is 17.1. The number of ether oxygens (including phenoxy) is 2. The van der Waals surface area contributed by atoms with Gasteiger partial charge in [0.2, 0.25) is 5.91 Å². The van der Waals surface area contributed by atoms with E-state index >= 15 is 0 Å². The molecule has 24 heavy (non-hydrogen) atoms. The van der Waals surface area contributed by atoms with Crippen molar-refractivity contribution in [3.05, 3.63) is 29.3 Å². The van der Waals surface area contributed by atoms with Crippen molar-refractivity contribution in [1.82, 2.24) is 15.1 Å². The van der Waals surface area contributed by atoms with Gasteiger partial charge in [0.25, 0.3) is 0 Å². The highest BCUT2D eigenvalue weighted by atomic mass is 16.5. The Hall–Kier alpha value is -2.28. The van der Waals surface area contributed by atoms with Crippen LogP contribution < -0.4 is 10.1 Å². The van der Waals surface area contributed by atoms with Gasteiger partial charge >= 0.3 is 6.03 Å². The van der Waals surface area contributed by atoms with Crippen LogP contribution in [-0.4, -0.2) is 61.8 Å². The Balaban J connectivity index is 1.64. The van der Waals surface area contributed by atoms with E-state index < -0.39 is 0 Å². The Kier molecular flexibility index (Phi) is 4.89. The average molecular weight is 333 g/mol. The third-order valence-electron chi connectivity index (χ3n) is 4.44. The fourth-order valence-electron chi connectivity index (χ4n) is 3.10. The Morgan fingerprint density at radius 3 is 3.08 bits per heavy atom. The molecule has 0 bridgehead atoms. The molecule has 2 aliphatic rings. The third kappa shape index (κ3) is 3.31. The summed E-state index contributed by atoms with van der Waals surface area (Å²) in [4.78, 5) is 27.7. The predicted molar refractivity (Wildman–Crippen MR) is 87.7 cm³/mol. The number of hydrogen-bond acceptors (Lipinski definition) is 4. The van der Waals surface area contributed by atoms with Crippen LogP contribution in [0, 0.1) is 6.92 Å². The maximum absolute atomic E-state index is 12.5. The molecular formula is C17H23N3O4. The van der Waals surface area contributed by atoms with E-state index in [0.29, 0.717) is 26.4 Å². The number of rotatable bonds is 4. The minimum absolute atomic E-state index is 0.0505.